The van der Waals surface area contributed by atoms with Gasteiger partial charge in [0, 0.05) is 17.5 Å². The molecule has 152 valence electrons. The van der Waals surface area contributed by atoms with Crippen molar-refractivity contribution in [2.24, 2.45) is 5.41 Å². The molecule has 3 aliphatic rings. The Morgan fingerprint density at radius 1 is 1.10 bits per heavy atom. The zero-order valence-electron chi connectivity index (χ0n) is 17.2. The second kappa shape index (κ2) is 6.37. The van der Waals surface area contributed by atoms with Crippen molar-refractivity contribution in [1.29, 1.82) is 0 Å². The molecule has 2 fully saturated rings. The first kappa shape index (κ1) is 18.7. The van der Waals surface area contributed by atoms with E-state index in [9.17, 15) is 9.59 Å². The average molecular weight is 399 g/mol. The van der Waals surface area contributed by atoms with E-state index in [0.29, 0.717) is 12.8 Å². The Morgan fingerprint density at radius 2 is 1.80 bits per heavy atom. The molecule has 0 radical (unpaired) electrons. The summed E-state index contributed by atoms with van der Waals surface area (Å²) in [6.45, 7) is 4.07. The maximum absolute atomic E-state index is 13.6. The van der Waals surface area contributed by atoms with Crippen LogP contribution in [0.4, 0.5) is 5.69 Å². The van der Waals surface area contributed by atoms with Gasteiger partial charge in [-0.2, -0.15) is 0 Å². The fourth-order valence-electron chi connectivity index (χ4n) is 5.59. The average Bonchev–Trinajstić information content (AvgIpc) is 3.26. The summed E-state index contributed by atoms with van der Waals surface area (Å²) < 4.78 is 0. The maximum atomic E-state index is 13.6. The van der Waals surface area contributed by atoms with E-state index in [2.05, 4.69) is 22.6 Å². The number of benzene rings is 2. The van der Waals surface area contributed by atoms with Crippen molar-refractivity contribution in [3.8, 4) is 12.3 Å². The molecule has 3 aliphatic heterocycles. The molecule has 0 bridgehead atoms. The third-order valence-electron chi connectivity index (χ3n) is 7.23. The molecule has 4 atom stereocenters. The van der Waals surface area contributed by atoms with Crippen molar-refractivity contribution in [2.75, 3.05) is 5.32 Å². The van der Waals surface area contributed by atoms with Gasteiger partial charge in [0.1, 0.15) is 18.2 Å². The highest BCUT2D eigenvalue weighted by molar-refractivity contribution is 5.99. The lowest BCUT2D eigenvalue weighted by molar-refractivity contribution is -0.148. The summed E-state index contributed by atoms with van der Waals surface area (Å²) in [5.74, 6) is 2.81. The second-order valence-electron chi connectivity index (χ2n) is 9.05. The van der Waals surface area contributed by atoms with Crippen LogP contribution in [0.5, 0.6) is 0 Å². The molecule has 30 heavy (non-hydrogen) atoms. The van der Waals surface area contributed by atoms with E-state index in [4.69, 9.17) is 6.42 Å². The van der Waals surface area contributed by atoms with Crippen molar-refractivity contribution < 1.29 is 9.59 Å². The summed E-state index contributed by atoms with van der Waals surface area (Å²) in [7, 11) is 0. The van der Waals surface area contributed by atoms with Gasteiger partial charge in [-0.1, -0.05) is 54.5 Å². The molecule has 2 saturated heterocycles. The minimum absolute atomic E-state index is 0.0524. The van der Waals surface area contributed by atoms with Gasteiger partial charge in [-0.3, -0.25) is 9.59 Å². The molecule has 0 unspecified atom stereocenters. The summed E-state index contributed by atoms with van der Waals surface area (Å²) in [5.41, 5.74) is 2.02. The molecular formula is C25H25N3O2. The quantitative estimate of drug-likeness (QED) is 0.780. The highest BCUT2D eigenvalue weighted by Crippen LogP contribution is 2.59. The number of carbonyl (C=O) groups excluding carboxylic acids is 2. The zero-order valence-corrected chi connectivity index (χ0v) is 17.2. The number of rotatable bonds is 3. The van der Waals surface area contributed by atoms with Crippen LogP contribution in [0.15, 0.2) is 54.6 Å². The molecule has 0 aliphatic carbocycles. The number of carbonyl (C=O) groups is 2. The smallest absolute Gasteiger partial charge is 0.247 e. The van der Waals surface area contributed by atoms with Gasteiger partial charge in [-0.15, -0.1) is 6.42 Å². The van der Waals surface area contributed by atoms with E-state index in [0.717, 1.165) is 16.8 Å². The number of para-hydroxylation sites is 1. The number of nitrogens with zero attached hydrogens (tertiary/aromatic N) is 1. The topological polar surface area (TPSA) is 61.4 Å². The SMILES string of the molecule is C#CC(C)(C)[C@]12C[C@H]3C(=O)N[C@@H](Cc4ccccc4)C(=O)N3[C@H]1Nc1ccccc12. The van der Waals surface area contributed by atoms with Crippen LogP contribution in [-0.2, 0) is 21.4 Å². The van der Waals surface area contributed by atoms with Crippen molar-refractivity contribution in [3.05, 3.63) is 65.7 Å². The van der Waals surface area contributed by atoms with Gasteiger partial charge in [0.25, 0.3) is 0 Å². The normalized spacial score (nSPS) is 29.4. The van der Waals surface area contributed by atoms with Crippen LogP contribution in [0.25, 0.3) is 0 Å². The Kier molecular flexibility index (Phi) is 3.98. The molecule has 2 aromatic carbocycles. The number of terminal acetylenes is 1. The first-order valence-electron chi connectivity index (χ1n) is 10.4. The lowest BCUT2D eigenvalue weighted by Crippen LogP contribution is -2.64. The van der Waals surface area contributed by atoms with Gasteiger partial charge in [0.15, 0.2) is 0 Å². The van der Waals surface area contributed by atoms with Crippen LogP contribution in [0.2, 0.25) is 0 Å². The van der Waals surface area contributed by atoms with E-state index in [1.54, 1.807) is 4.90 Å². The third kappa shape index (κ3) is 2.37. The van der Waals surface area contributed by atoms with Gasteiger partial charge >= 0.3 is 0 Å². The number of piperazine rings is 1. The fraction of sp³-hybridized carbons (Fsp3) is 0.360. The van der Waals surface area contributed by atoms with E-state index < -0.39 is 22.9 Å². The fourth-order valence-corrected chi connectivity index (χ4v) is 5.59. The van der Waals surface area contributed by atoms with E-state index in [1.807, 2.05) is 62.4 Å². The maximum Gasteiger partial charge on any atom is 0.247 e. The minimum Gasteiger partial charge on any atom is -0.364 e. The lowest BCUT2D eigenvalue weighted by Gasteiger charge is -2.43. The number of nitrogens with one attached hydrogen (secondary N) is 2. The van der Waals surface area contributed by atoms with Crippen LogP contribution in [0, 0.1) is 17.8 Å². The summed E-state index contributed by atoms with van der Waals surface area (Å²) >= 11 is 0. The Balaban J connectivity index is 1.58. The lowest BCUT2D eigenvalue weighted by atomic mass is 9.60. The van der Waals surface area contributed by atoms with Crippen molar-refractivity contribution >= 4 is 17.5 Å². The Labute approximate surface area is 176 Å². The van der Waals surface area contributed by atoms with Crippen molar-refractivity contribution in [3.63, 3.8) is 0 Å². The Hall–Kier alpha value is -3.26. The predicted molar refractivity (Wildman–Crippen MR) is 115 cm³/mol. The number of hydrogen-bond donors (Lipinski definition) is 2. The molecule has 5 heteroatoms. The Bertz CT molecular complexity index is 1070. The van der Waals surface area contributed by atoms with E-state index >= 15 is 0 Å². The first-order valence-corrected chi connectivity index (χ1v) is 10.4. The molecule has 2 amide bonds. The zero-order chi connectivity index (χ0) is 21.1. The molecule has 3 heterocycles. The molecule has 2 N–H and O–H groups in total. The van der Waals surface area contributed by atoms with Gasteiger partial charge < -0.3 is 15.5 Å². The monoisotopic (exact) mass is 399 g/mol. The standard InChI is InChI=1S/C25H25N3O2/c1-4-24(2,3)25-15-20-21(29)26-19(14-16-10-6-5-7-11-16)22(30)28(20)23(25)27-18-13-9-8-12-17(18)25/h1,5-13,19-20,23,27H,14-15H2,2-3H3,(H,26,29)/t19-,20-,23+,25-/m0/s1. The van der Waals surface area contributed by atoms with Crippen molar-refractivity contribution in [2.45, 2.75) is 50.4 Å². The number of hydrogen-bond acceptors (Lipinski definition) is 3. The molecule has 2 aromatic rings. The second-order valence-corrected chi connectivity index (χ2v) is 9.05. The largest absolute Gasteiger partial charge is 0.364 e. The molecule has 5 nitrogen and oxygen atoms in total. The van der Waals surface area contributed by atoms with E-state index in [1.165, 1.54) is 0 Å². The minimum atomic E-state index is -0.577. The van der Waals surface area contributed by atoms with Crippen LogP contribution in [0.3, 0.4) is 0 Å². The summed E-state index contributed by atoms with van der Waals surface area (Å²) in [5, 5.41) is 6.52. The summed E-state index contributed by atoms with van der Waals surface area (Å²) in [6, 6.07) is 16.7. The van der Waals surface area contributed by atoms with Gasteiger partial charge in [0.05, 0.1) is 5.41 Å². The first-order chi connectivity index (χ1) is 14.4. The Morgan fingerprint density at radius 3 is 2.53 bits per heavy atom. The molecule has 5 rings (SSSR count). The highest BCUT2D eigenvalue weighted by Gasteiger charge is 2.67. The van der Waals surface area contributed by atoms with Crippen LogP contribution in [-0.4, -0.2) is 35.0 Å². The third-order valence-corrected chi connectivity index (χ3v) is 7.23. The number of anilines is 1. The van der Waals surface area contributed by atoms with Gasteiger partial charge in [0.2, 0.25) is 11.8 Å². The van der Waals surface area contributed by atoms with Crippen LogP contribution in [0.1, 0.15) is 31.4 Å². The highest BCUT2D eigenvalue weighted by atomic mass is 16.2. The van der Waals surface area contributed by atoms with Crippen LogP contribution >= 0.6 is 0 Å². The van der Waals surface area contributed by atoms with E-state index in [-0.39, 0.29) is 18.0 Å². The van der Waals surface area contributed by atoms with Crippen molar-refractivity contribution in [1.82, 2.24) is 10.2 Å². The van der Waals surface area contributed by atoms with Crippen LogP contribution < -0.4 is 10.6 Å². The molecule has 0 saturated carbocycles. The van der Waals surface area contributed by atoms with Gasteiger partial charge in [-0.25, -0.2) is 0 Å². The molecule has 0 aromatic heterocycles. The van der Waals surface area contributed by atoms with Gasteiger partial charge in [-0.05, 0) is 37.5 Å². The predicted octanol–water partition coefficient (Wildman–Crippen LogP) is 2.68. The summed E-state index contributed by atoms with van der Waals surface area (Å²) in [4.78, 5) is 28.5. The number of amides is 2. The number of fused-ring (bicyclic) bond motifs is 5. The molecular weight excluding hydrogens is 374 g/mol. The summed E-state index contributed by atoms with van der Waals surface area (Å²) in [6.07, 6.45) is 6.64. The molecule has 0 spiro atoms.